The molecule has 3 aliphatic rings. The second-order valence-corrected chi connectivity index (χ2v) is 9.76. The van der Waals surface area contributed by atoms with E-state index in [9.17, 15) is 9.59 Å². The predicted octanol–water partition coefficient (Wildman–Crippen LogP) is 2.99. The number of hydrogen-bond donors (Lipinski definition) is 2. The van der Waals surface area contributed by atoms with Gasteiger partial charge in [-0.05, 0) is 94.3 Å². The van der Waals surface area contributed by atoms with Gasteiger partial charge in [-0.3, -0.25) is 9.59 Å². The van der Waals surface area contributed by atoms with Gasteiger partial charge in [-0.2, -0.15) is 0 Å². The third kappa shape index (κ3) is 5.05. The van der Waals surface area contributed by atoms with Gasteiger partial charge in [-0.25, -0.2) is 0 Å². The molecule has 2 amide bonds. The molecule has 4 atom stereocenters. The van der Waals surface area contributed by atoms with E-state index in [1.54, 1.807) is 0 Å². The Morgan fingerprint density at radius 2 is 1.67 bits per heavy atom. The number of rotatable bonds is 9. The summed E-state index contributed by atoms with van der Waals surface area (Å²) in [6.45, 7) is 4.21. The van der Waals surface area contributed by atoms with Crippen LogP contribution in [0.5, 0.6) is 0 Å². The lowest BCUT2D eigenvalue weighted by Gasteiger charge is -2.32. The lowest BCUT2D eigenvalue weighted by atomic mass is 9.78. The number of nitrogens with zero attached hydrogens (tertiary/aromatic N) is 1. The monoisotopic (exact) mass is 411 g/mol. The zero-order valence-electron chi connectivity index (χ0n) is 18.1. The Morgan fingerprint density at radius 1 is 0.967 bits per heavy atom. The Balaban J connectivity index is 1.10. The quantitative estimate of drug-likeness (QED) is 0.614. The topological polar surface area (TPSA) is 75.4 Å². The number of carbonyl (C=O) groups is 2. The number of likely N-dealkylation sites (tertiary alicyclic amines) is 1. The minimum atomic E-state index is -0.280. The number of fused-ring (bicyclic) bond motifs is 2. The van der Waals surface area contributed by atoms with Crippen LogP contribution in [0, 0.1) is 29.6 Å². The van der Waals surface area contributed by atoms with E-state index in [2.05, 4.69) is 40.5 Å². The summed E-state index contributed by atoms with van der Waals surface area (Å²) in [6, 6.07) is 10.8. The Bertz CT molecular complexity index is 714. The molecule has 4 unspecified atom stereocenters. The fourth-order valence-electron chi connectivity index (χ4n) is 6.23. The molecule has 4 rings (SSSR count). The molecule has 5 nitrogen and oxygen atoms in total. The third-order valence-corrected chi connectivity index (χ3v) is 7.82. The smallest absolute Gasteiger partial charge is 0.224 e. The molecule has 3 N–H and O–H groups in total. The maximum atomic E-state index is 12.7. The summed E-state index contributed by atoms with van der Waals surface area (Å²) >= 11 is 0. The van der Waals surface area contributed by atoms with Gasteiger partial charge in [0.2, 0.25) is 11.8 Å². The highest BCUT2D eigenvalue weighted by atomic mass is 16.2. The van der Waals surface area contributed by atoms with E-state index < -0.39 is 0 Å². The Labute approximate surface area is 180 Å². The van der Waals surface area contributed by atoms with E-state index in [4.69, 9.17) is 5.73 Å². The van der Waals surface area contributed by atoms with Crippen LogP contribution < -0.4 is 11.1 Å². The molecular weight excluding hydrogens is 374 g/mol. The number of primary amides is 1. The standard InChI is InChI=1S/C25H37N3O2/c26-24(29)22-20-8-9-21(17-20)23(22)25(30)27-12-4-5-13-28-14-10-19(11-15-28)16-18-6-2-1-3-7-18/h1-3,6-7,19-23H,4-5,8-17H2,(H2,26,29)(H,27,30). The van der Waals surface area contributed by atoms with E-state index in [0.29, 0.717) is 18.4 Å². The van der Waals surface area contributed by atoms with E-state index in [-0.39, 0.29) is 23.7 Å². The summed E-state index contributed by atoms with van der Waals surface area (Å²) in [5.41, 5.74) is 7.06. The highest BCUT2D eigenvalue weighted by Crippen LogP contribution is 2.52. The first-order chi connectivity index (χ1) is 14.6. The number of nitrogens with one attached hydrogen (secondary N) is 1. The molecule has 3 fully saturated rings. The van der Waals surface area contributed by atoms with Crippen LogP contribution >= 0.6 is 0 Å². The van der Waals surface area contributed by atoms with Crippen molar-refractivity contribution in [3.05, 3.63) is 35.9 Å². The first-order valence-electron chi connectivity index (χ1n) is 11.9. The molecule has 1 aromatic rings. The van der Waals surface area contributed by atoms with Crippen molar-refractivity contribution in [2.45, 2.75) is 51.4 Å². The summed E-state index contributed by atoms with van der Waals surface area (Å²) in [6.07, 6.45) is 9.02. The highest BCUT2D eigenvalue weighted by Gasteiger charge is 2.53. The maximum absolute atomic E-state index is 12.7. The molecule has 0 spiro atoms. The molecule has 5 heteroatoms. The lowest BCUT2D eigenvalue weighted by molar-refractivity contribution is -0.135. The zero-order chi connectivity index (χ0) is 20.9. The molecule has 0 radical (unpaired) electrons. The van der Waals surface area contributed by atoms with Crippen LogP contribution in [0.15, 0.2) is 30.3 Å². The predicted molar refractivity (Wildman–Crippen MR) is 119 cm³/mol. The van der Waals surface area contributed by atoms with Gasteiger partial charge in [0.25, 0.3) is 0 Å². The summed E-state index contributed by atoms with van der Waals surface area (Å²) in [7, 11) is 0. The Morgan fingerprint density at radius 3 is 2.37 bits per heavy atom. The molecular formula is C25H37N3O2. The molecule has 2 aliphatic carbocycles. The van der Waals surface area contributed by atoms with Gasteiger partial charge >= 0.3 is 0 Å². The Kier molecular flexibility index (Phi) is 7.08. The molecule has 0 aromatic heterocycles. The highest BCUT2D eigenvalue weighted by molar-refractivity contribution is 5.88. The van der Waals surface area contributed by atoms with Crippen LogP contribution in [0.2, 0.25) is 0 Å². The summed E-state index contributed by atoms with van der Waals surface area (Å²) in [5.74, 6) is 0.886. The molecule has 164 valence electrons. The number of amides is 2. The van der Waals surface area contributed by atoms with E-state index in [0.717, 1.165) is 44.6 Å². The van der Waals surface area contributed by atoms with E-state index in [1.807, 2.05) is 0 Å². The van der Waals surface area contributed by atoms with Gasteiger partial charge in [0, 0.05) is 6.54 Å². The van der Waals surface area contributed by atoms with Crippen LogP contribution in [-0.2, 0) is 16.0 Å². The van der Waals surface area contributed by atoms with Crippen molar-refractivity contribution in [2.75, 3.05) is 26.2 Å². The van der Waals surface area contributed by atoms with Crippen molar-refractivity contribution in [3.8, 4) is 0 Å². The summed E-state index contributed by atoms with van der Waals surface area (Å²) < 4.78 is 0. The molecule has 2 saturated carbocycles. The number of nitrogens with two attached hydrogens (primary N) is 1. The van der Waals surface area contributed by atoms with E-state index >= 15 is 0 Å². The second-order valence-electron chi connectivity index (χ2n) is 9.76. The van der Waals surface area contributed by atoms with Crippen molar-refractivity contribution >= 4 is 11.8 Å². The summed E-state index contributed by atoms with van der Waals surface area (Å²) in [4.78, 5) is 27.1. The van der Waals surface area contributed by atoms with Gasteiger partial charge in [0.05, 0.1) is 11.8 Å². The van der Waals surface area contributed by atoms with Crippen LogP contribution in [0.25, 0.3) is 0 Å². The van der Waals surface area contributed by atoms with Crippen molar-refractivity contribution in [1.29, 1.82) is 0 Å². The zero-order valence-corrected chi connectivity index (χ0v) is 18.1. The minimum Gasteiger partial charge on any atom is -0.369 e. The number of unbranched alkanes of at least 4 members (excludes halogenated alkanes) is 1. The van der Waals surface area contributed by atoms with Gasteiger partial charge in [-0.15, -0.1) is 0 Å². The van der Waals surface area contributed by atoms with Crippen LogP contribution in [0.3, 0.4) is 0 Å². The molecule has 1 saturated heterocycles. The van der Waals surface area contributed by atoms with Crippen molar-refractivity contribution < 1.29 is 9.59 Å². The minimum absolute atomic E-state index is 0.0627. The molecule has 30 heavy (non-hydrogen) atoms. The molecule has 1 aromatic carbocycles. The van der Waals surface area contributed by atoms with Gasteiger partial charge in [0.15, 0.2) is 0 Å². The number of benzene rings is 1. The van der Waals surface area contributed by atoms with Gasteiger partial charge < -0.3 is 16.0 Å². The Hall–Kier alpha value is -1.88. The largest absolute Gasteiger partial charge is 0.369 e. The van der Waals surface area contributed by atoms with Gasteiger partial charge in [0.1, 0.15) is 0 Å². The van der Waals surface area contributed by atoms with Gasteiger partial charge in [-0.1, -0.05) is 30.3 Å². The first kappa shape index (κ1) is 21.4. The third-order valence-electron chi connectivity index (χ3n) is 7.82. The summed E-state index contributed by atoms with van der Waals surface area (Å²) in [5, 5.41) is 3.10. The number of carbonyl (C=O) groups excluding carboxylic acids is 2. The van der Waals surface area contributed by atoms with E-state index in [1.165, 1.54) is 37.9 Å². The molecule has 1 aliphatic heterocycles. The van der Waals surface area contributed by atoms with Crippen molar-refractivity contribution in [2.24, 2.45) is 35.3 Å². The van der Waals surface area contributed by atoms with Crippen LogP contribution in [-0.4, -0.2) is 42.9 Å². The normalized spacial score (nSPS) is 29.2. The number of hydrogen-bond acceptors (Lipinski definition) is 3. The average molecular weight is 412 g/mol. The van der Waals surface area contributed by atoms with Crippen molar-refractivity contribution in [3.63, 3.8) is 0 Å². The number of piperidine rings is 1. The molecule has 2 bridgehead atoms. The average Bonchev–Trinajstić information content (AvgIpc) is 3.37. The molecule has 1 heterocycles. The fraction of sp³-hybridized carbons (Fsp3) is 0.680. The SMILES string of the molecule is NC(=O)C1C2CCC(C2)C1C(=O)NCCCCN1CCC(Cc2ccccc2)CC1. The van der Waals surface area contributed by atoms with Crippen molar-refractivity contribution in [1.82, 2.24) is 10.2 Å². The van der Waals surface area contributed by atoms with Crippen LogP contribution in [0.4, 0.5) is 0 Å². The lowest BCUT2D eigenvalue weighted by Crippen LogP contribution is -2.43. The maximum Gasteiger partial charge on any atom is 0.224 e. The first-order valence-corrected chi connectivity index (χ1v) is 11.9. The second kappa shape index (κ2) is 9.95. The fourth-order valence-corrected chi connectivity index (χ4v) is 6.23. The van der Waals surface area contributed by atoms with Crippen LogP contribution in [0.1, 0.15) is 50.5 Å².